The van der Waals surface area contributed by atoms with E-state index in [0.29, 0.717) is 16.7 Å². The van der Waals surface area contributed by atoms with Crippen molar-refractivity contribution in [2.24, 2.45) is 0 Å². The second-order valence-electron chi connectivity index (χ2n) is 6.54. The second-order valence-corrected chi connectivity index (χ2v) is 6.54. The van der Waals surface area contributed by atoms with E-state index >= 15 is 0 Å². The molecule has 0 aliphatic carbocycles. The molecule has 0 bridgehead atoms. The zero-order valence-electron chi connectivity index (χ0n) is 15.9. The zero-order chi connectivity index (χ0) is 20.3. The van der Waals surface area contributed by atoms with E-state index in [0.717, 1.165) is 5.69 Å². The Morgan fingerprint density at radius 3 is 2.57 bits per heavy atom. The highest BCUT2D eigenvalue weighted by Crippen LogP contribution is 2.24. The first kappa shape index (κ1) is 19.4. The maximum atomic E-state index is 12.4. The van der Waals surface area contributed by atoms with E-state index in [1.165, 1.54) is 13.2 Å². The molecule has 0 saturated carbocycles. The first-order valence-electron chi connectivity index (χ1n) is 8.75. The van der Waals surface area contributed by atoms with Crippen molar-refractivity contribution in [2.45, 2.75) is 6.10 Å². The molecule has 1 heterocycles. The van der Waals surface area contributed by atoms with Crippen molar-refractivity contribution >= 4 is 22.6 Å². The van der Waals surface area contributed by atoms with Crippen LogP contribution >= 0.6 is 0 Å². The number of aliphatic hydroxyl groups excluding tert-OH is 1. The number of anilines is 1. The summed E-state index contributed by atoms with van der Waals surface area (Å²) in [6, 6.07) is 13.9. The van der Waals surface area contributed by atoms with Gasteiger partial charge in [-0.15, -0.1) is 0 Å². The number of para-hydroxylation sites is 1. The number of benzene rings is 2. The van der Waals surface area contributed by atoms with Gasteiger partial charge in [0.05, 0.1) is 13.2 Å². The fourth-order valence-corrected chi connectivity index (χ4v) is 2.83. The highest BCUT2D eigenvalue weighted by atomic mass is 16.5. The normalized spacial score (nSPS) is 11.9. The minimum absolute atomic E-state index is 0.0320. The molecule has 0 saturated heterocycles. The monoisotopic (exact) mass is 382 g/mol. The van der Waals surface area contributed by atoms with Crippen molar-refractivity contribution in [1.82, 2.24) is 5.32 Å². The van der Waals surface area contributed by atoms with Crippen LogP contribution in [0, 0.1) is 0 Å². The van der Waals surface area contributed by atoms with Gasteiger partial charge in [0.1, 0.15) is 5.56 Å². The Balaban J connectivity index is 1.74. The lowest BCUT2D eigenvalue weighted by Crippen LogP contribution is -2.31. The van der Waals surface area contributed by atoms with E-state index in [2.05, 4.69) is 5.32 Å². The maximum Gasteiger partial charge on any atom is 0.349 e. The smallest absolute Gasteiger partial charge is 0.349 e. The number of methoxy groups -OCH3 is 1. The fourth-order valence-electron chi connectivity index (χ4n) is 2.83. The molecule has 7 nitrogen and oxygen atoms in total. The van der Waals surface area contributed by atoms with Gasteiger partial charge in [-0.05, 0) is 29.8 Å². The summed E-state index contributed by atoms with van der Waals surface area (Å²) in [6.07, 6.45) is -0.896. The van der Waals surface area contributed by atoms with Gasteiger partial charge in [-0.1, -0.05) is 24.3 Å². The molecule has 0 aliphatic rings. The zero-order valence-corrected chi connectivity index (χ0v) is 15.9. The molecule has 1 atom stereocenters. The number of nitrogens with one attached hydrogen (secondary N) is 1. The van der Waals surface area contributed by atoms with E-state index in [1.807, 2.05) is 31.1 Å². The summed E-state index contributed by atoms with van der Waals surface area (Å²) in [5.74, 6) is -0.194. The van der Waals surface area contributed by atoms with Gasteiger partial charge in [-0.3, -0.25) is 4.79 Å². The number of amides is 1. The number of hydrogen-bond acceptors (Lipinski definition) is 6. The van der Waals surface area contributed by atoms with E-state index in [9.17, 15) is 14.7 Å². The lowest BCUT2D eigenvalue weighted by atomic mass is 10.1. The van der Waals surface area contributed by atoms with Gasteiger partial charge >= 0.3 is 5.63 Å². The molecule has 1 unspecified atom stereocenters. The van der Waals surface area contributed by atoms with Crippen molar-refractivity contribution < 1.29 is 19.1 Å². The predicted molar refractivity (Wildman–Crippen MR) is 107 cm³/mol. The summed E-state index contributed by atoms with van der Waals surface area (Å²) >= 11 is 0. The number of carbonyl (C=O) groups is 1. The Kier molecular flexibility index (Phi) is 5.65. The van der Waals surface area contributed by atoms with E-state index in [1.54, 1.807) is 30.3 Å². The standard InChI is InChI=1S/C21H22N2O5/c1-23(2)15-9-7-13(8-10-15)17(24)12-22-20(25)16-11-14-5-4-6-18(27-3)19(14)28-21(16)26/h4-11,17,24H,12H2,1-3H3,(H,22,25). The van der Waals surface area contributed by atoms with Crippen LogP contribution < -0.4 is 20.6 Å². The molecule has 2 N–H and O–H groups in total. The third-order valence-corrected chi connectivity index (χ3v) is 4.44. The van der Waals surface area contributed by atoms with Gasteiger partial charge in [0.2, 0.25) is 0 Å². The van der Waals surface area contributed by atoms with Gasteiger partial charge in [-0.2, -0.15) is 0 Å². The van der Waals surface area contributed by atoms with Crippen LogP contribution in [0.4, 0.5) is 5.69 Å². The number of fused-ring (bicyclic) bond motifs is 1. The maximum absolute atomic E-state index is 12.4. The summed E-state index contributed by atoms with van der Waals surface area (Å²) in [5, 5.41) is 13.5. The molecule has 1 aromatic heterocycles. The Labute approximate surface area is 162 Å². The molecule has 0 radical (unpaired) electrons. The van der Waals surface area contributed by atoms with Gasteiger partial charge < -0.3 is 24.5 Å². The molecule has 3 aromatic rings. The topological polar surface area (TPSA) is 92.0 Å². The molecule has 3 rings (SSSR count). The second kappa shape index (κ2) is 8.14. The summed E-state index contributed by atoms with van der Waals surface area (Å²) < 4.78 is 10.4. The minimum atomic E-state index is -0.896. The van der Waals surface area contributed by atoms with Gasteiger partial charge in [0.15, 0.2) is 11.3 Å². The molecule has 0 spiro atoms. The average molecular weight is 382 g/mol. The third kappa shape index (κ3) is 3.99. The van der Waals surface area contributed by atoms with Crippen LogP contribution in [0.2, 0.25) is 0 Å². The van der Waals surface area contributed by atoms with Crippen LogP contribution in [0.3, 0.4) is 0 Å². The van der Waals surface area contributed by atoms with Crippen LogP contribution in [0.1, 0.15) is 22.0 Å². The Hall–Kier alpha value is -3.32. The Morgan fingerprint density at radius 1 is 1.21 bits per heavy atom. The molecule has 0 aliphatic heterocycles. The largest absolute Gasteiger partial charge is 0.493 e. The molecule has 7 heteroatoms. The lowest BCUT2D eigenvalue weighted by Gasteiger charge is -2.15. The molecular weight excluding hydrogens is 360 g/mol. The van der Waals surface area contributed by atoms with Gasteiger partial charge in [0.25, 0.3) is 5.91 Å². The summed E-state index contributed by atoms with van der Waals surface area (Å²) in [6.45, 7) is -0.0320. The van der Waals surface area contributed by atoms with Crippen LogP contribution in [-0.2, 0) is 0 Å². The van der Waals surface area contributed by atoms with Gasteiger partial charge in [0, 0.05) is 31.7 Å². The number of rotatable bonds is 6. The quantitative estimate of drug-likeness (QED) is 0.636. The Bertz CT molecular complexity index is 1040. The van der Waals surface area contributed by atoms with Crippen LogP contribution in [-0.4, -0.2) is 38.8 Å². The summed E-state index contributed by atoms with van der Waals surface area (Å²) in [5.41, 5.74) is 1.06. The number of nitrogens with zero attached hydrogens (tertiary/aromatic N) is 1. The first-order valence-corrected chi connectivity index (χ1v) is 8.75. The highest BCUT2D eigenvalue weighted by Gasteiger charge is 2.17. The number of hydrogen-bond donors (Lipinski definition) is 2. The first-order chi connectivity index (χ1) is 13.4. The van der Waals surface area contributed by atoms with Gasteiger partial charge in [-0.25, -0.2) is 4.79 Å². The van der Waals surface area contributed by atoms with Crippen molar-refractivity contribution in [1.29, 1.82) is 0 Å². The van der Waals surface area contributed by atoms with Crippen molar-refractivity contribution in [3.05, 3.63) is 70.1 Å². The van der Waals surface area contributed by atoms with Crippen LogP contribution in [0.25, 0.3) is 11.0 Å². The summed E-state index contributed by atoms with van der Waals surface area (Å²) in [4.78, 5) is 26.6. The van der Waals surface area contributed by atoms with E-state index in [4.69, 9.17) is 9.15 Å². The predicted octanol–water partition coefficient (Wildman–Crippen LogP) is 2.33. The highest BCUT2D eigenvalue weighted by molar-refractivity contribution is 5.97. The number of carbonyl (C=O) groups excluding carboxylic acids is 1. The average Bonchev–Trinajstić information content (AvgIpc) is 2.70. The molecule has 146 valence electrons. The molecule has 2 aromatic carbocycles. The number of ether oxygens (including phenoxy) is 1. The van der Waals surface area contributed by atoms with E-state index < -0.39 is 17.6 Å². The Morgan fingerprint density at radius 2 is 1.93 bits per heavy atom. The minimum Gasteiger partial charge on any atom is -0.493 e. The van der Waals surface area contributed by atoms with Crippen LogP contribution in [0.5, 0.6) is 5.75 Å². The van der Waals surface area contributed by atoms with E-state index in [-0.39, 0.29) is 17.7 Å². The molecule has 0 fully saturated rings. The number of aliphatic hydroxyl groups is 1. The molecule has 1 amide bonds. The SMILES string of the molecule is COc1cccc2cc(C(=O)NCC(O)c3ccc(N(C)C)cc3)c(=O)oc12. The van der Waals surface area contributed by atoms with Crippen LogP contribution in [0.15, 0.2) is 57.7 Å². The van der Waals surface area contributed by atoms with Crippen molar-refractivity contribution in [2.75, 3.05) is 32.6 Å². The van der Waals surface area contributed by atoms with Crippen molar-refractivity contribution in [3.63, 3.8) is 0 Å². The molecular formula is C21H22N2O5. The summed E-state index contributed by atoms with van der Waals surface area (Å²) in [7, 11) is 5.33. The molecule has 28 heavy (non-hydrogen) atoms. The fraction of sp³-hybridized carbons (Fsp3) is 0.238. The third-order valence-electron chi connectivity index (χ3n) is 4.44. The lowest BCUT2D eigenvalue weighted by molar-refractivity contribution is 0.0912. The van der Waals surface area contributed by atoms with Crippen molar-refractivity contribution in [3.8, 4) is 5.75 Å².